The highest BCUT2D eigenvalue weighted by atomic mass is 35.5. The van der Waals surface area contributed by atoms with Crippen molar-refractivity contribution in [2.75, 3.05) is 24.0 Å². The Balaban J connectivity index is 3.03. The first-order valence-electron chi connectivity index (χ1n) is 4.79. The lowest BCUT2D eigenvalue weighted by molar-refractivity contribution is 0.112. The first-order valence-corrected chi connectivity index (χ1v) is 6.56. The highest BCUT2D eigenvalue weighted by Crippen LogP contribution is 2.22. The van der Waals surface area contributed by atoms with Crippen molar-refractivity contribution in [1.82, 2.24) is 9.97 Å². The van der Waals surface area contributed by atoms with Crippen LogP contribution in [0.25, 0.3) is 0 Å². The quantitative estimate of drug-likeness (QED) is 0.599. The summed E-state index contributed by atoms with van der Waals surface area (Å²) in [5.41, 5.74) is 0.347. The molecule has 1 atom stereocenters. The Bertz CT molecular complexity index is 375. The molecule has 16 heavy (non-hydrogen) atoms. The molecule has 0 spiro atoms. The molecule has 4 nitrogen and oxygen atoms in total. The molecule has 0 saturated carbocycles. The summed E-state index contributed by atoms with van der Waals surface area (Å²) in [6, 6.07) is 0.277. The maximum absolute atomic E-state index is 10.9. The fourth-order valence-corrected chi connectivity index (χ4v) is 2.19. The van der Waals surface area contributed by atoms with Gasteiger partial charge in [0.1, 0.15) is 17.3 Å². The molecule has 0 saturated heterocycles. The van der Waals surface area contributed by atoms with Crippen molar-refractivity contribution in [3.05, 3.63) is 17.0 Å². The van der Waals surface area contributed by atoms with E-state index in [1.807, 2.05) is 18.2 Å². The number of thioether (sulfide) groups is 1. The number of hydrogen-bond acceptors (Lipinski definition) is 5. The van der Waals surface area contributed by atoms with Crippen molar-refractivity contribution in [2.24, 2.45) is 0 Å². The number of halogens is 1. The topological polar surface area (TPSA) is 46.1 Å². The standard InChI is InChI=1S/C10H14ClN3OS/c1-7(5-16-3)14(2)10-8(4-15)9(11)12-6-13-10/h4,6-7H,5H2,1-3H3. The van der Waals surface area contributed by atoms with E-state index in [2.05, 4.69) is 16.9 Å². The first kappa shape index (κ1) is 13.3. The molecule has 1 aromatic heterocycles. The monoisotopic (exact) mass is 259 g/mol. The summed E-state index contributed by atoms with van der Waals surface area (Å²) in [4.78, 5) is 20.8. The largest absolute Gasteiger partial charge is 0.355 e. The molecular weight excluding hydrogens is 246 g/mol. The van der Waals surface area contributed by atoms with Gasteiger partial charge in [0.05, 0.1) is 5.56 Å². The van der Waals surface area contributed by atoms with Crippen LogP contribution >= 0.6 is 23.4 Å². The number of carbonyl (C=O) groups excluding carboxylic acids is 1. The number of rotatable bonds is 5. The summed E-state index contributed by atoms with van der Waals surface area (Å²) >= 11 is 7.59. The summed E-state index contributed by atoms with van der Waals surface area (Å²) in [6.07, 6.45) is 4.10. The van der Waals surface area contributed by atoms with E-state index >= 15 is 0 Å². The highest BCUT2D eigenvalue weighted by Gasteiger charge is 2.17. The average Bonchev–Trinajstić information content (AvgIpc) is 2.28. The third-order valence-corrected chi connectivity index (χ3v) is 3.45. The average molecular weight is 260 g/mol. The van der Waals surface area contributed by atoms with Crippen molar-refractivity contribution < 1.29 is 4.79 Å². The molecule has 0 aromatic carbocycles. The van der Waals surface area contributed by atoms with Crippen molar-refractivity contribution in [1.29, 1.82) is 0 Å². The third kappa shape index (κ3) is 2.86. The van der Waals surface area contributed by atoms with E-state index in [4.69, 9.17) is 11.6 Å². The Morgan fingerprint density at radius 2 is 2.31 bits per heavy atom. The van der Waals surface area contributed by atoms with Gasteiger partial charge in [-0.25, -0.2) is 9.97 Å². The molecule has 0 fully saturated rings. The molecule has 6 heteroatoms. The molecule has 0 aliphatic heterocycles. The zero-order valence-corrected chi connectivity index (χ0v) is 11.0. The lowest BCUT2D eigenvalue weighted by atomic mass is 10.2. The second-order valence-corrected chi connectivity index (χ2v) is 4.70. The summed E-state index contributed by atoms with van der Waals surface area (Å²) in [7, 11) is 1.90. The second-order valence-electron chi connectivity index (χ2n) is 3.43. The molecular formula is C10H14ClN3OS. The molecule has 1 rings (SSSR count). The van der Waals surface area contributed by atoms with Gasteiger partial charge < -0.3 is 4.90 Å². The van der Waals surface area contributed by atoms with Gasteiger partial charge >= 0.3 is 0 Å². The van der Waals surface area contributed by atoms with Crippen LogP contribution in [0.4, 0.5) is 5.82 Å². The lowest BCUT2D eigenvalue weighted by Crippen LogP contribution is -2.32. The Morgan fingerprint density at radius 3 is 2.88 bits per heavy atom. The number of aromatic nitrogens is 2. The van der Waals surface area contributed by atoms with Gasteiger partial charge in [-0.05, 0) is 13.2 Å². The van der Waals surface area contributed by atoms with Crippen molar-refractivity contribution in [3.63, 3.8) is 0 Å². The van der Waals surface area contributed by atoms with E-state index in [-0.39, 0.29) is 11.2 Å². The molecule has 1 aromatic rings. The predicted molar refractivity (Wildman–Crippen MR) is 68.7 cm³/mol. The van der Waals surface area contributed by atoms with Crippen LogP contribution in [-0.4, -0.2) is 41.4 Å². The Hall–Kier alpha value is -0.810. The zero-order valence-electron chi connectivity index (χ0n) is 9.48. The van der Waals surface area contributed by atoms with Crippen LogP contribution in [0.15, 0.2) is 6.33 Å². The van der Waals surface area contributed by atoms with E-state index in [0.717, 1.165) is 5.75 Å². The molecule has 1 unspecified atom stereocenters. The summed E-state index contributed by atoms with van der Waals surface area (Å²) < 4.78 is 0. The number of aldehydes is 1. The van der Waals surface area contributed by atoms with Crippen molar-refractivity contribution in [3.8, 4) is 0 Å². The minimum absolute atomic E-state index is 0.197. The third-order valence-electron chi connectivity index (χ3n) is 2.34. The maximum atomic E-state index is 10.9. The van der Waals surface area contributed by atoms with E-state index in [1.54, 1.807) is 11.8 Å². The van der Waals surface area contributed by atoms with Crippen LogP contribution < -0.4 is 4.90 Å². The number of carbonyl (C=O) groups is 1. The van der Waals surface area contributed by atoms with Crippen LogP contribution in [0, 0.1) is 0 Å². The minimum Gasteiger partial charge on any atom is -0.355 e. The zero-order chi connectivity index (χ0) is 12.1. The predicted octanol–water partition coefficient (Wildman–Crippen LogP) is 2.13. The van der Waals surface area contributed by atoms with Gasteiger partial charge in [-0.1, -0.05) is 11.6 Å². The molecule has 0 bridgehead atoms. The molecule has 1 heterocycles. The van der Waals surface area contributed by atoms with Gasteiger partial charge in [-0.15, -0.1) is 0 Å². The van der Waals surface area contributed by atoms with Gasteiger partial charge in [-0.3, -0.25) is 4.79 Å². The number of nitrogens with zero attached hydrogens (tertiary/aromatic N) is 3. The van der Waals surface area contributed by atoms with Crippen LogP contribution in [0.1, 0.15) is 17.3 Å². The molecule has 0 N–H and O–H groups in total. The summed E-state index contributed by atoms with van der Waals surface area (Å²) in [5, 5.41) is 0.197. The molecule has 0 aliphatic carbocycles. The van der Waals surface area contributed by atoms with Gasteiger partial charge in [0.2, 0.25) is 0 Å². The van der Waals surface area contributed by atoms with E-state index in [9.17, 15) is 4.79 Å². The molecule has 0 aliphatic rings. The van der Waals surface area contributed by atoms with Gasteiger partial charge in [0, 0.05) is 18.8 Å². The van der Waals surface area contributed by atoms with Crippen LogP contribution in [0.5, 0.6) is 0 Å². The Kier molecular flexibility index (Phi) is 5.02. The minimum atomic E-state index is 0.197. The normalized spacial score (nSPS) is 12.2. The van der Waals surface area contributed by atoms with Crippen LogP contribution in [-0.2, 0) is 0 Å². The number of hydrogen-bond donors (Lipinski definition) is 0. The van der Waals surface area contributed by atoms with Crippen molar-refractivity contribution >= 4 is 35.5 Å². The fourth-order valence-electron chi connectivity index (χ4n) is 1.31. The fraction of sp³-hybridized carbons (Fsp3) is 0.500. The lowest BCUT2D eigenvalue weighted by Gasteiger charge is -2.26. The second kappa shape index (κ2) is 6.06. The summed E-state index contributed by atoms with van der Waals surface area (Å²) in [6.45, 7) is 2.07. The molecule has 0 amide bonds. The Labute approximate surface area is 104 Å². The van der Waals surface area contributed by atoms with E-state index < -0.39 is 0 Å². The van der Waals surface area contributed by atoms with Gasteiger partial charge in [0.25, 0.3) is 0 Å². The Morgan fingerprint density at radius 1 is 1.62 bits per heavy atom. The van der Waals surface area contributed by atoms with Crippen molar-refractivity contribution in [2.45, 2.75) is 13.0 Å². The SMILES string of the molecule is CSCC(C)N(C)c1ncnc(Cl)c1C=O. The van der Waals surface area contributed by atoms with Gasteiger partial charge in [-0.2, -0.15) is 11.8 Å². The smallest absolute Gasteiger partial charge is 0.156 e. The van der Waals surface area contributed by atoms with E-state index in [0.29, 0.717) is 17.7 Å². The van der Waals surface area contributed by atoms with E-state index in [1.165, 1.54) is 6.33 Å². The summed E-state index contributed by atoms with van der Waals surface area (Å²) in [5.74, 6) is 1.53. The van der Waals surface area contributed by atoms with Gasteiger partial charge in [0.15, 0.2) is 6.29 Å². The number of anilines is 1. The molecule has 0 radical (unpaired) electrons. The van der Waals surface area contributed by atoms with Crippen LogP contribution in [0.2, 0.25) is 5.15 Å². The first-order chi connectivity index (χ1) is 7.61. The highest BCUT2D eigenvalue weighted by molar-refractivity contribution is 7.98. The molecule has 88 valence electrons. The maximum Gasteiger partial charge on any atom is 0.156 e. The van der Waals surface area contributed by atoms with Crippen LogP contribution in [0.3, 0.4) is 0 Å².